The third kappa shape index (κ3) is 4.38. The van der Waals surface area contributed by atoms with Crippen LogP contribution in [0.2, 0.25) is 0 Å². The summed E-state index contributed by atoms with van der Waals surface area (Å²) in [4.78, 5) is 27.5. The first kappa shape index (κ1) is 17.3. The van der Waals surface area contributed by atoms with Crippen LogP contribution in [0.5, 0.6) is 5.75 Å². The number of non-ortho nitro benzene ring substituents is 1. The molecule has 2 aromatic rings. The number of nitrogens with zero attached hydrogens (tertiary/aromatic N) is 7. The van der Waals surface area contributed by atoms with Crippen LogP contribution < -0.4 is 9.79 Å². The zero-order valence-corrected chi connectivity index (χ0v) is 11.7. The number of aromatic nitrogens is 4. The van der Waals surface area contributed by atoms with Crippen molar-refractivity contribution in [3.63, 3.8) is 0 Å². The fourth-order valence-electron chi connectivity index (χ4n) is 1.37. The van der Waals surface area contributed by atoms with Crippen LogP contribution in [0.25, 0.3) is 0 Å². The Hall–Kier alpha value is -3.71. The summed E-state index contributed by atoms with van der Waals surface area (Å²) in [5.41, 5.74) is -3.26. The summed E-state index contributed by atoms with van der Waals surface area (Å²) in [5, 5.41) is 49.4. The normalized spacial score (nSPS) is 9.65. The van der Waals surface area contributed by atoms with E-state index in [9.17, 15) is 35.4 Å². The van der Waals surface area contributed by atoms with Gasteiger partial charge < -0.3 is 5.11 Å². The molecule has 0 atom stereocenters. The molecule has 1 heterocycles. The number of tetrazole rings is 1. The molecule has 0 radical (unpaired) electrons. The molecule has 0 saturated carbocycles. The van der Waals surface area contributed by atoms with Crippen molar-refractivity contribution in [2.45, 2.75) is 0 Å². The second-order valence-corrected chi connectivity index (χ2v) is 4.03. The van der Waals surface area contributed by atoms with Gasteiger partial charge in [0.05, 0.1) is 46.7 Å². The quantitative estimate of drug-likeness (QED) is 0.391. The van der Waals surface area contributed by atoms with Crippen molar-refractivity contribution in [1.82, 2.24) is 15.1 Å². The van der Waals surface area contributed by atoms with E-state index in [1.165, 1.54) is 0 Å². The summed E-state index contributed by atoms with van der Waals surface area (Å²) < 4.78 is 3.28. The van der Waals surface area contributed by atoms with Crippen LogP contribution in [0.15, 0.2) is 18.5 Å². The molecule has 0 aliphatic carbocycles. The highest BCUT2D eigenvalue weighted by atomic mass is 16.6. The maximum atomic E-state index is 11.1. The maximum Gasteiger partial charge on any atom is 0.283 e. The molecule has 2 rings (SSSR count). The van der Waals surface area contributed by atoms with Gasteiger partial charge in [-0.3, -0.25) is 30.3 Å². The van der Waals surface area contributed by atoms with Gasteiger partial charge in [-0.15, -0.1) is 4.68 Å². The van der Waals surface area contributed by atoms with E-state index in [4.69, 9.17) is 0 Å². The highest BCUT2D eigenvalue weighted by molar-refractivity contribution is 5.63. The Morgan fingerprint density at radius 2 is 1.52 bits per heavy atom. The van der Waals surface area contributed by atoms with E-state index in [2.05, 4.69) is 10.4 Å². The van der Waals surface area contributed by atoms with Gasteiger partial charge in [0.25, 0.3) is 17.1 Å². The first-order valence-electron chi connectivity index (χ1n) is 5.64. The first-order chi connectivity index (χ1) is 10.6. The van der Waals surface area contributed by atoms with Crippen LogP contribution in [0.4, 0.5) is 17.1 Å². The highest BCUT2D eigenvalue weighted by Crippen LogP contribution is 2.36. The van der Waals surface area contributed by atoms with Crippen molar-refractivity contribution in [3.05, 3.63) is 48.8 Å². The summed E-state index contributed by atoms with van der Waals surface area (Å²) in [6.07, 6.45) is 1.78. The predicted molar refractivity (Wildman–Crippen MR) is 68.0 cm³/mol. The Morgan fingerprint density at radius 1 is 1.04 bits per heavy atom. The van der Waals surface area contributed by atoms with Gasteiger partial charge >= 0.3 is 0 Å². The number of hydrogen-bond donors (Lipinski definition) is 0. The van der Waals surface area contributed by atoms with Gasteiger partial charge in [0.15, 0.2) is 5.21 Å². The lowest BCUT2D eigenvalue weighted by Crippen LogP contribution is -2.28. The van der Waals surface area contributed by atoms with E-state index < -0.39 is 37.6 Å². The summed E-state index contributed by atoms with van der Waals surface area (Å²) in [6, 6.07) is 0.769. The summed E-state index contributed by atoms with van der Waals surface area (Å²) in [6.45, 7) is 0. The molecule has 23 heavy (non-hydrogen) atoms. The van der Waals surface area contributed by atoms with Crippen LogP contribution in [-0.2, 0) is 14.1 Å². The second-order valence-electron chi connectivity index (χ2n) is 4.03. The van der Waals surface area contributed by atoms with Gasteiger partial charge in [0, 0.05) is 0 Å². The molecule has 122 valence electrons. The topological polar surface area (TPSA) is 187 Å². The van der Waals surface area contributed by atoms with Gasteiger partial charge in [0.1, 0.15) is 5.21 Å². The SMILES string of the molecule is Cn1c[n+](C)nn1.O=[N+]([O-])c1cc([N+](=O)[O-])c([O-])c([N+](=O)[O-])c1. The average Bonchev–Trinajstić information content (AvgIpc) is 2.82. The lowest BCUT2D eigenvalue weighted by atomic mass is 10.2. The van der Waals surface area contributed by atoms with Gasteiger partial charge in [-0.1, -0.05) is 4.68 Å². The molecule has 0 bridgehead atoms. The van der Waals surface area contributed by atoms with E-state index in [1.54, 1.807) is 15.7 Å². The minimum Gasteiger partial charge on any atom is -0.863 e. The number of nitro groups is 3. The molecular weight excluding hydrogens is 318 g/mol. The van der Waals surface area contributed by atoms with E-state index in [-0.39, 0.29) is 0 Å². The Morgan fingerprint density at radius 3 is 1.74 bits per heavy atom. The van der Waals surface area contributed by atoms with E-state index in [0.29, 0.717) is 12.1 Å². The van der Waals surface area contributed by atoms with Crippen molar-refractivity contribution < 1.29 is 24.6 Å². The Bertz CT molecular complexity index is 720. The van der Waals surface area contributed by atoms with Crippen molar-refractivity contribution in [2.24, 2.45) is 14.1 Å². The van der Waals surface area contributed by atoms with E-state index in [1.807, 2.05) is 14.1 Å². The lowest BCUT2D eigenvalue weighted by Gasteiger charge is -2.06. The van der Waals surface area contributed by atoms with Crippen LogP contribution in [0.1, 0.15) is 0 Å². The molecule has 1 aromatic carbocycles. The average molecular weight is 327 g/mol. The highest BCUT2D eigenvalue weighted by Gasteiger charge is 2.24. The molecule has 0 amide bonds. The van der Waals surface area contributed by atoms with Crippen molar-refractivity contribution in [1.29, 1.82) is 0 Å². The Labute approximate surface area is 126 Å². The standard InChI is InChI=1S/C6H3N3O7.C3H7N4/c10-6-4(8(13)14)1-3(7(11)12)2-5(6)9(15)16;1-6-3-7(2)5-4-6/h1-2,10H;3H,1-2H3/q;+1/p-1. The fraction of sp³-hybridized carbons (Fsp3) is 0.222. The lowest BCUT2D eigenvalue weighted by molar-refractivity contribution is -0.731. The van der Waals surface area contributed by atoms with Crippen molar-refractivity contribution >= 4 is 17.1 Å². The van der Waals surface area contributed by atoms with Crippen LogP contribution in [-0.4, -0.2) is 29.9 Å². The summed E-state index contributed by atoms with van der Waals surface area (Å²) >= 11 is 0. The molecule has 0 spiro atoms. The van der Waals surface area contributed by atoms with Gasteiger partial charge in [-0.2, -0.15) is 0 Å². The van der Waals surface area contributed by atoms with Crippen molar-refractivity contribution in [3.8, 4) is 5.75 Å². The fourth-order valence-corrected chi connectivity index (χ4v) is 1.37. The molecule has 14 nitrogen and oxygen atoms in total. The van der Waals surface area contributed by atoms with Crippen molar-refractivity contribution in [2.75, 3.05) is 0 Å². The molecule has 0 saturated heterocycles. The Kier molecular flexibility index (Phi) is 5.15. The Balaban J connectivity index is 0.000000313. The first-order valence-corrected chi connectivity index (χ1v) is 5.64. The van der Waals surface area contributed by atoms with Crippen LogP contribution in [0.3, 0.4) is 0 Å². The molecule has 0 aliphatic heterocycles. The summed E-state index contributed by atoms with van der Waals surface area (Å²) in [7, 11) is 3.65. The number of nitro benzene ring substituents is 3. The van der Waals surface area contributed by atoms with Gasteiger partial charge in [-0.25, -0.2) is 0 Å². The molecule has 14 heteroatoms. The van der Waals surface area contributed by atoms with E-state index >= 15 is 0 Å². The largest absolute Gasteiger partial charge is 0.863 e. The minimum atomic E-state index is -1.46. The summed E-state index contributed by atoms with van der Waals surface area (Å²) in [5.74, 6) is -1.46. The third-order valence-electron chi connectivity index (χ3n) is 2.30. The molecule has 0 unspecified atom stereocenters. The van der Waals surface area contributed by atoms with Crippen LogP contribution in [0, 0.1) is 30.3 Å². The zero-order chi connectivity index (χ0) is 17.7. The molecule has 0 aliphatic rings. The molecule has 0 fully saturated rings. The van der Waals surface area contributed by atoms with E-state index in [0.717, 1.165) is 0 Å². The zero-order valence-electron chi connectivity index (χ0n) is 11.7. The van der Waals surface area contributed by atoms with Gasteiger partial charge in [-0.05, 0) is 0 Å². The molecular formula is C9H9N7O7. The number of hydrogen-bond acceptors (Lipinski definition) is 9. The third-order valence-corrected chi connectivity index (χ3v) is 2.30. The molecule has 1 aromatic heterocycles. The number of benzene rings is 1. The predicted octanol–water partition coefficient (Wildman–Crippen LogP) is -0.876. The number of rotatable bonds is 3. The molecule has 0 N–H and O–H groups in total. The monoisotopic (exact) mass is 327 g/mol. The van der Waals surface area contributed by atoms with Crippen LogP contribution >= 0.6 is 0 Å². The number of aryl methyl sites for hydroxylation is 2. The van der Waals surface area contributed by atoms with Gasteiger partial charge in [0.2, 0.25) is 6.33 Å². The second kappa shape index (κ2) is 6.83. The smallest absolute Gasteiger partial charge is 0.283 e. The minimum absolute atomic E-state index is 0.384. The maximum absolute atomic E-state index is 11.1.